The molecule has 0 amide bonds. The zero-order chi connectivity index (χ0) is 17.5. The monoisotopic (exact) mass is 353 g/mol. The standard InChI is InChI=1S/C21H23NO2S/c23-21(24)19-12-6-14-22(16-18-11-7-15-25-18)20(19)13-5-4-10-17-8-2-1-3-9-17/h1-3,6-9,11-12,14-15,20H,4-5,10,13,16H2,(H,23,24). The highest BCUT2D eigenvalue weighted by atomic mass is 32.1. The van der Waals surface area contributed by atoms with Crippen molar-refractivity contribution >= 4 is 17.3 Å². The molecule has 25 heavy (non-hydrogen) atoms. The predicted molar refractivity (Wildman–Crippen MR) is 103 cm³/mol. The Labute approximate surface area is 152 Å². The van der Waals surface area contributed by atoms with Gasteiger partial charge in [-0.2, -0.15) is 0 Å². The zero-order valence-corrected chi connectivity index (χ0v) is 15.0. The van der Waals surface area contributed by atoms with Crippen LogP contribution in [0.5, 0.6) is 0 Å². The van der Waals surface area contributed by atoms with Crippen molar-refractivity contribution < 1.29 is 9.90 Å². The summed E-state index contributed by atoms with van der Waals surface area (Å²) in [4.78, 5) is 15.1. The second-order valence-corrected chi connectivity index (χ2v) is 7.30. The fourth-order valence-corrected chi connectivity index (χ4v) is 3.96. The highest BCUT2D eigenvalue weighted by molar-refractivity contribution is 7.09. The van der Waals surface area contributed by atoms with E-state index in [1.165, 1.54) is 10.4 Å². The summed E-state index contributed by atoms with van der Waals surface area (Å²) < 4.78 is 0. The first-order chi connectivity index (χ1) is 12.2. The third-order valence-electron chi connectivity index (χ3n) is 4.51. The topological polar surface area (TPSA) is 40.5 Å². The van der Waals surface area contributed by atoms with Crippen LogP contribution in [0.1, 0.15) is 29.7 Å². The Bertz CT molecular complexity index is 735. The molecule has 1 aliphatic heterocycles. The summed E-state index contributed by atoms with van der Waals surface area (Å²) in [7, 11) is 0. The number of hydrogen-bond acceptors (Lipinski definition) is 3. The Morgan fingerprint density at radius 1 is 1.12 bits per heavy atom. The van der Waals surface area contributed by atoms with E-state index in [9.17, 15) is 9.90 Å². The molecule has 1 aromatic heterocycles. The van der Waals surface area contributed by atoms with Crippen molar-refractivity contribution in [2.75, 3.05) is 0 Å². The predicted octanol–water partition coefficient (Wildman–Crippen LogP) is 4.87. The van der Waals surface area contributed by atoms with Gasteiger partial charge in [0.25, 0.3) is 0 Å². The van der Waals surface area contributed by atoms with E-state index in [0.29, 0.717) is 5.57 Å². The summed E-state index contributed by atoms with van der Waals surface area (Å²) in [6.45, 7) is 0.766. The van der Waals surface area contributed by atoms with Crippen molar-refractivity contribution in [1.29, 1.82) is 0 Å². The SMILES string of the molecule is O=C(O)C1=CC=CN(Cc2cccs2)C1CCCCc1ccccc1. The molecule has 0 saturated heterocycles. The summed E-state index contributed by atoms with van der Waals surface area (Å²) >= 11 is 1.71. The molecule has 130 valence electrons. The number of aryl methyl sites for hydroxylation is 1. The van der Waals surface area contributed by atoms with Crippen molar-refractivity contribution in [2.45, 2.75) is 38.3 Å². The number of thiophene rings is 1. The third kappa shape index (κ3) is 4.83. The van der Waals surface area contributed by atoms with E-state index < -0.39 is 5.97 Å². The maximum atomic E-state index is 11.6. The number of nitrogens with zero attached hydrogens (tertiary/aromatic N) is 1. The minimum absolute atomic E-state index is 0.0552. The first-order valence-electron chi connectivity index (χ1n) is 8.68. The number of unbranched alkanes of at least 4 members (excludes halogenated alkanes) is 1. The van der Waals surface area contributed by atoms with Crippen molar-refractivity contribution in [2.24, 2.45) is 0 Å². The normalized spacial score (nSPS) is 16.7. The molecule has 0 fully saturated rings. The van der Waals surface area contributed by atoms with Crippen LogP contribution in [0.3, 0.4) is 0 Å². The van der Waals surface area contributed by atoms with Gasteiger partial charge in [-0.3, -0.25) is 0 Å². The molecule has 0 saturated carbocycles. The van der Waals surface area contributed by atoms with Crippen molar-refractivity contribution in [3.05, 3.63) is 82.2 Å². The van der Waals surface area contributed by atoms with Gasteiger partial charge in [0.05, 0.1) is 18.2 Å². The van der Waals surface area contributed by atoms with Gasteiger partial charge in [-0.05, 0) is 48.4 Å². The quantitative estimate of drug-likeness (QED) is 0.688. The van der Waals surface area contributed by atoms with E-state index >= 15 is 0 Å². The van der Waals surface area contributed by atoms with Crippen LogP contribution in [0.25, 0.3) is 0 Å². The van der Waals surface area contributed by atoms with Crippen molar-refractivity contribution in [3.63, 3.8) is 0 Å². The fraction of sp³-hybridized carbons (Fsp3) is 0.286. The number of hydrogen-bond donors (Lipinski definition) is 1. The van der Waals surface area contributed by atoms with Crippen LogP contribution in [-0.2, 0) is 17.8 Å². The van der Waals surface area contributed by atoms with Gasteiger partial charge in [-0.1, -0.05) is 42.8 Å². The summed E-state index contributed by atoms with van der Waals surface area (Å²) in [5, 5.41) is 11.6. The average Bonchev–Trinajstić information content (AvgIpc) is 3.13. The smallest absolute Gasteiger partial charge is 0.333 e. The molecule has 3 rings (SSSR count). The molecule has 1 atom stereocenters. The lowest BCUT2D eigenvalue weighted by atomic mass is 9.95. The fourth-order valence-electron chi connectivity index (χ4n) is 3.24. The van der Waals surface area contributed by atoms with Gasteiger partial charge in [-0.25, -0.2) is 4.79 Å². The van der Waals surface area contributed by atoms with Crippen LogP contribution < -0.4 is 0 Å². The molecular weight excluding hydrogens is 330 g/mol. The van der Waals surface area contributed by atoms with E-state index in [1.807, 2.05) is 24.4 Å². The molecule has 2 aromatic rings. The van der Waals surface area contributed by atoms with Crippen LogP contribution >= 0.6 is 11.3 Å². The molecule has 1 unspecified atom stereocenters. The summed E-state index contributed by atoms with van der Waals surface area (Å²) in [5.74, 6) is -0.811. The molecule has 2 heterocycles. The summed E-state index contributed by atoms with van der Waals surface area (Å²) in [6, 6.07) is 14.5. The van der Waals surface area contributed by atoms with Crippen molar-refractivity contribution in [3.8, 4) is 0 Å². The third-order valence-corrected chi connectivity index (χ3v) is 5.38. The van der Waals surface area contributed by atoms with Gasteiger partial charge in [0.1, 0.15) is 0 Å². The first-order valence-corrected chi connectivity index (χ1v) is 9.56. The molecule has 0 spiro atoms. The van der Waals surface area contributed by atoms with E-state index in [2.05, 4.69) is 40.6 Å². The van der Waals surface area contributed by atoms with Gasteiger partial charge in [0, 0.05) is 11.1 Å². The second kappa shape index (κ2) is 8.67. The maximum Gasteiger partial charge on any atom is 0.333 e. The van der Waals surface area contributed by atoms with E-state index in [0.717, 1.165) is 32.2 Å². The molecule has 3 nitrogen and oxygen atoms in total. The minimum Gasteiger partial charge on any atom is -0.478 e. The van der Waals surface area contributed by atoms with Crippen LogP contribution in [0.15, 0.2) is 71.8 Å². The number of carboxylic acids is 1. The van der Waals surface area contributed by atoms with Gasteiger partial charge in [0.2, 0.25) is 0 Å². The van der Waals surface area contributed by atoms with Gasteiger partial charge < -0.3 is 10.0 Å². The van der Waals surface area contributed by atoms with E-state index in [1.54, 1.807) is 17.4 Å². The van der Waals surface area contributed by atoms with E-state index in [-0.39, 0.29) is 6.04 Å². The number of carboxylic acid groups (broad SMARTS) is 1. The van der Waals surface area contributed by atoms with Gasteiger partial charge in [0.15, 0.2) is 0 Å². The number of allylic oxidation sites excluding steroid dienone is 2. The highest BCUT2D eigenvalue weighted by Crippen LogP contribution is 2.25. The molecule has 0 bridgehead atoms. The van der Waals surface area contributed by atoms with Crippen LogP contribution in [0.4, 0.5) is 0 Å². The Morgan fingerprint density at radius 3 is 2.68 bits per heavy atom. The van der Waals surface area contributed by atoms with Crippen LogP contribution in [0, 0.1) is 0 Å². The van der Waals surface area contributed by atoms with Gasteiger partial charge >= 0.3 is 5.97 Å². The Morgan fingerprint density at radius 2 is 1.96 bits per heavy atom. The molecule has 1 aliphatic rings. The highest BCUT2D eigenvalue weighted by Gasteiger charge is 2.26. The lowest BCUT2D eigenvalue weighted by molar-refractivity contribution is -0.133. The molecule has 1 aromatic carbocycles. The summed E-state index contributed by atoms with van der Waals surface area (Å²) in [5.41, 5.74) is 1.84. The van der Waals surface area contributed by atoms with Crippen LogP contribution in [-0.4, -0.2) is 22.0 Å². The minimum atomic E-state index is -0.811. The van der Waals surface area contributed by atoms with Crippen LogP contribution in [0.2, 0.25) is 0 Å². The van der Waals surface area contributed by atoms with Crippen molar-refractivity contribution in [1.82, 2.24) is 4.90 Å². The Balaban J connectivity index is 1.60. The zero-order valence-electron chi connectivity index (χ0n) is 14.2. The average molecular weight is 353 g/mol. The number of carbonyl (C=O) groups is 1. The maximum absolute atomic E-state index is 11.6. The lowest BCUT2D eigenvalue weighted by Crippen LogP contribution is -2.36. The second-order valence-electron chi connectivity index (χ2n) is 6.27. The van der Waals surface area contributed by atoms with E-state index in [4.69, 9.17) is 0 Å². The molecular formula is C21H23NO2S. The largest absolute Gasteiger partial charge is 0.478 e. The molecule has 0 aliphatic carbocycles. The van der Waals surface area contributed by atoms with Gasteiger partial charge in [-0.15, -0.1) is 11.3 Å². The lowest BCUT2D eigenvalue weighted by Gasteiger charge is -2.33. The number of benzene rings is 1. The summed E-state index contributed by atoms with van der Waals surface area (Å²) in [6.07, 6.45) is 9.60. The number of aliphatic carboxylic acids is 1. The Kier molecular flexibility index (Phi) is 6.07. The molecule has 0 radical (unpaired) electrons. The first kappa shape index (κ1) is 17.5. The number of rotatable bonds is 8. The Hall–Kier alpha value is -2.33. The molecule has 1 N–H and O–H groups in total. The molecule has 4 heteroatoms.